The van der Waals surface area contributed by atoms with Gasteiger partial charge >= 0.3 is 0 Å². The fourth-order valence-electron chi connectivity index (χ4n) is 3.50. The first-order valence-corrected chi connectivity index (χ1v) is 8.74. The minimum Gasteiger partial charge on any atom is -0.454 e. The minimum absolute atomic E-state index is 0.0103. The van der Waals surface area contributed by atoms with Gasteiger partial charge in [-0.2, -0.15) is 0 Å². The second-order valence-corrected chi connectivity index (χ2v) is 6.49. The van der Waals surface area contributed by atoms with Crippen LogP contribution in [0.4, 0.5) is 5.69 Å². The maximum Gasteiger partial charge on any atom is 0.258 e. The Morgan fingerprint density at radius 2 is 1.85 bits per heavy atom. The number of fused-ring (bicyclic) bond motifs is 2. The number of ether oxygens (including phenoxy) is 2. The third-order valence-electron chi connectivity index (χ3n) is 4.83. The number of aromatic nitrogens is 1. The summed E-state index contributed by atoms with van der Waals surface area (Å²) in [6, 6.07) is 17.2. The summed E-state index contributed by atoms with van der Waals surface area (Å²) >= 11 is 0. The zero-order valence-electron chi connectivity index (χ0n) is 14.5. The number of hydrogen-bond donors (Lipinski definition) is 1. The molecule has 0 spiro atoms. The summed E-state index contributed by atoms with van der Waals surface area (Å²) in [4.78, 5) is 19.2. The van der Waals surface area contributed by atoms with Crippen molar-refractivity contribution < 1.29 is 14.3 Å². The van der Waals surface area contributed by atoms with Crippen molar-refractivity contribution in [1.82, 2.24) is 9.88 Å². The Bertz CT molecular complexity index is 1010. The summed E-state index contributed by atoms with van der Waals surface area (Å²) in [6.07, 6.45) is 3.20. The van der Waals surface area contributed by atoms with Crippen LogP contribution in [-0.2, 0) is 6.54 Å². The van der Waals surface area contributed by atoms with Crippen LogP contribution in [0.2, 0.25) is 0 Å². The predicted molar refractivity (Wildman–Crippen MR) is 99.5 cm³/mol. The van der Waals surface area contributed by atoms with Gasteiger partial charge in [-0.05, 0) is 47.5 Å². The topological polar surface area (TPSA) is 63.7 Å². The van der Waals surface area contributed by atoms with Gasteiger partial charge < -0.3 is 19.7 Å². The quantitative estimate of drug-likeness (QED) is 0.774. The van der Waals surface area contributed by atoms with Gasteiger partial charge in [-0.3, -0.25) is 9.78 Å². The van der Waals surface area contributed by atoms with E-state index in [4.69, 9.17) is 9.47 Å². The maximum atomic E-state index is 13.3. The predicted octanol–water partition coefficient (Wildman–Crippen LogP) is 3.58. The van der Waals surface area contributed by atoms with Crippen LogP contribution in [0.5, 0.6) is 11.5 Å². The molecule has 1 amide bonds. The molecular weight excluding hydrogens is 342 g/mol. The van der Waals surface area contributed by atoms with Crippen molar-refractivity contribution in [3.63, 3.8) is 0 Å². The molecule has 2 aliphatic heterocycles. The lowest BCUT2D eigenvalue weighted by Gasteiger charge is -2.38. The van der Waals surface area contributed by atoms with Crippen molar-refractivity contribution in [2.24, 2.45) is 0 Å². The number of carbonyl (C=O) groups is 1. The standard InChI is InChI=1S/C21H17N3O3/c25-21-16-3-1-2-4-17(16)23-20(15-7-9-22-10-8-15)24(21)12-14-5-6-18-19(11-14)27-13-26-18/h1-11,20,23H,12-13H2/t20-/m1/s1. The third kappa shape index (κ3) is 2.75. The van der Waals surface area contributed by atoms with Gasteiger partial charge in [0.25, 0.3) is 5.91 Å². The van der Waals surface area contributed by atoms with Gasteiger partial charge in [0, 0.05) is 24.6 Å². The molecule has 0 bridgehead atoms. The lowest BCUT2D eigenvalue weighted by Crippen LogP contribution is -2.42. The molecule has 2 aliphatic rings. The normalized spacial score (nSPS) is 17.4. The van der Waals surface area contributed by atoms with E-state index in [-0.39, 0.29) is 18.9 Å². The van der Waals surface area contributed by atoms with Crippen molar-refractivity contribution in [3.05, 3.63) is 83.7 Å². The van der Waals surface area contributed by atoms with Crippen molar-refractivity contribution >= 4 is 11.6 Å². The SMILES string of the molecule is O=C1c2ccccc2N[C@@H](c2ccncc2)N1Cc1ccc2c(c1)OCO2. The average molecular weight is 359 g/mol. The van der Waals surface area contributed by atoms with Crippen LogP contribution in [0.1, 0.15) is 27.7 Å². The van der Waals surface area contributed by atoms with Crippen LogP contribution in [0.25, 0.3) is 0 Å². The summed E-state index contributed by atoms with van der Waals surface area (Å²) < 4.78 is 10.9. The molecule has 0 fully saturated rings. The van der Waals surface area contributed by atoms with Crippen molar-refractivity contribution in [3.8, 4) is 11.5 Å². The summed E-state index contributed by atoms with van der Waals surface area (Å²) in [7, 11) is 0. The molecule has 3 heterocycles. The Hall–Kier alpha value is -3.54. The molecule has 6 heteroatoms. The van der Waals surface area contributed by atoms with Crippen LogP contribution in [0.15, 0.2) is 67.0 Å². The summed E-state index contributed by atoms with van der Waals surface area (Å²) in [5.74, 6) is 1.44. The van der Waals surface area contributed by atoms with Gasteiger partial charge in [0.1, 0.15) is 6.17 Å². The Morgan fingerprint density at radius 3 is 2.74 bits per heavy atom. The smallest absolute Gasteiger partial charge is 0.258 e. The number of amides is 1. The van der Waals surface area contributed by atoms with Crippen molar-refractivity contribution in [1.29, 1.82) is 0 Å². The van der Waals surface area contributed by atoms with E-state index in [0.29, 0.717) is 17.9 Å². The van der Waals surface area contributed by atoms with E-state index < -0.39 is 0 Å². The van der Waals surface area contributed by atoms with Crippen LogP contribution in [-0.4, -0.2) is 22.6 Å². The molecule has 6 nitrogen and oxygen atoms in total. The monoisotopic (exact) mass is 359 g/mol. The molecule has 1 N–H and O–H groups in total. The maximum absolute atomic E-state index is 13.3. The molecule has 2 aromatic carbocycles. The first-order chi connectivity index (χ1) is 13.3. The highest BCUT2D eigenvalue weighted by atomic mass is 16.7. The van der Waals surface area contributed by atoms with Crippen molar-refractivity contribution in [2.45, 2.75) is 12.7 Å². The number of pyridine rings is 1. The lowest BCUT2D eigenvalue weighted by molar-refractivity contribution is 0.0666. The summed E-state index contributed by atoms with van der Waals surface area (Å²) in [6.45, 7) is 0.680. The molecule has 0 saturated heterocycles. The number of nitrogens with zero attached hydrogens (tertiary/aromatic N) is 2. The first-order valence-electron chi connectivity index (χ1n) is 8.74. The molecule has 0 saturated carbocycles. The number of hydrogen-bond acceptors (Lipinski definition) is 5. The number of carbonyl (C=O) groups excluding carboxylic acids is 1. The van der Waals surface area contributed by atoms with E-state index in [0.717, 1.165) is 22.6 Å². The zero-order valence-corrected chi connectivity index (χ0v) is 14.5. The Labute approximate surface area is 156 Å². The van der Waals surface area contributed by atoms with E-state index >= 15 is 0 Å². The van der Waals surface area contributed by atoms with Gasteiger partial charge in [0.2, 0.25) is 6.79 Å². The fraction of sp³-hybridized carbons (Fsp3) is 0.143. The largest absolute Gasteiger partial charge is 0.454 e. The molecule has 27 heavy (non-hydrogen) atoms. The van der Waals surface area contributed by atoms with Crippen LogP contribution in [0.3, 0.4) is 0 Å². The number of para-hydroxylation sites is 1. The zero-order chi connectivity index (χ0) is 18.2. The van der Waals surface area contributed by atoms with Gasteiger partial charge in [-0.1, -0.05) is 18.2 Å². The highest BCUT2D eigenvalue weighted by Gasteiger charge is 2.33. The lowest BCUT2D eigenvalue weighted by atomic mass is 10.0. The molecular formula is C21H17N3O3. The number of rotatable bonds is 3. The second kappa shape index (κ2) is 6.32. The number of anilines is 1. The fourth-order valence-corrected chi connectivity index (χ4v) is 3.50. The molecule has 1 atom stereocenters. The van der Waals surface area contributed by atoms with E-state index in [1.165, 1.54) is 0 Å². The molecule has 0 radical (unpaired) electrons. The Morgan fingerprint density at radius 1 is 1.04 bits per heavy atom. The van der Waals surface area contributed by atoms with Gasteiger partial charge in [0.05, 0.1) is 5.56 Å². The average Bonchev–Trinajstić information content (AvgIpc) is 3.18. The molecule has 0 unspecified atom stereocenters. The summed E-state index contributed by atoms with van der Waals surface area (Å²) in [5.41, 5.74) is 3.47. The Balaban J connectivity index is 1.53. The molecule has 134 valence electrons. The van der Waals surface area contributed by atoms with E-state index in [2.05, 4.69) is 10.3 Å². The number of benzene rings is 2. The van der Waals surface area contributed by atoms with Gasteiger partial charge in [-0.25, -0.2) is 0 Å². The Kier molecular flexibility index (Phi) is 3.67. The highest BCUT2D eigenvalue weighted by molar-refractivity contribution is 6.01. The first kappa shape index (κ1) is 15.7. The summed E-state index contributed by atoms with van der Waals surface area (Å²) in [5, 5.41) is 3.49. The minimum atomic E-state index is -0.277. The third-order valence-corrected chi connectivity index (χ3v) is 4.83. The number of nitrogens with one attached hydrogen (secondary N) is 1. The van der Waals surface area contributed by atoms with Crippen molar-refractivity contribution in [2.75, 3.05) is 12.1 Å². The highest BCUT2D eigenvalue weighted by Crippen LogP contribution is 2.36. The van der Waals surface area contributed by atoms with Gasteiger partial charge in [-0.15, -0.1) is 0 Å². The van der Waals surface area contributed by atoms with Crippen LogP contribution < -0.4 is 14.8 Å². The van der Waals surface area contributed by atoms with Crippen LogP contribution >= 0.6 is 0 Å². The molecule has 5 rings (SSSR count). The molecule has 1 aromatic heterocycles. The molecule has 3 aromatic rings. The second-order valence-electron chi connectivity index (χ2n) is 6.49. The van der Waals surface area contributed by atoms with E-state index in [9.17, 15) is 4.79 Å². The van der Waals surface area contributed by atoms with Gasteiger partial charge in [0.15, 0.2) is 11.5 Å². The molecule has 0 aliphatic carbocycles. The van der Waals surface area contributed by atoms with E-state index in [1.54, 1.807) is 12.4 Å². The van der Waals surface area contributed by atoms with Crippen LogP contribution in [0, 0.1) is 0 Å². The van der Waals surface area contributed by atoms with E-state index in [1.807, 2.05) is 59.5 Å².